The van der Waals surface area contributed by atoms with Gasteiger partial charge in [0.05, 0.1) is 6.04 Å². The lowest BCUT2D eigenvalue weighted by atomic mass is 10.0. The first-order valence-corrected chi connectivity index (χ1v) is 6.00. The van der Waals surface area contributed by atoms with Crippen LogP contribution in [0.5, 0.6) is 0 Å². The Hall–Kier alpha value is -0.810. The molecule has 0 saturated heterocycles. The molecule has 102 valence electrons. The molecule has 3 N–H and O–H groups in total. The zero-order chi connectivity index (χ0) is 13.7. The Kier molecular flexibility index (Phi) is 5.92. The van der Waals surface area contributed by atoms with Gasteiger partial charge in [0.2, 0.25) is 0 Å². The van der Waals surface area contributed by atoms with E-state index in [0.29, 0.717) is 6.42 Å². The normalized spacial score (nSPS) is 14.3. The molecular weight excluding hydrogens is 222 g/mol. The number of carbonyl (C=O) groups excluding carboxylic acids is 1. The molecule has 0 spiro atoms. The maximum atomic E-state index is 11.5. The molecule has 17 heavy (non-hydrogen) atoms. The highest BCUT2D eigenvalue weighted by Crippen LogP contribution is 2.14. The summed E-state index contributed by atoms with van der Waals surface area (Å²) in [6.45, 7) is 8.52. The quantitative estimate of drug-likeness (QED) is 0.647. The van der Waals surface area contributed by atoms with Crippen molar-refractivity contribution < 1.29 is 19.7 Å². The number of rotatable bonds is 5. The first-order chi connectivity index (χ1) is 7.56. The van der Waals surface area contributed by atoms with Crippen molar-refractivity contribution in [3.63, 3.8) is 0 Å². The van der Waals surface area contributed by atoms with Crippen LogP contribution in [0, 0.1) is 0 Å². The Balaban J connectivity index is 4.39. The minimum atomic E-state index is -1.94. The van der Waals surface area contributed by atoms with E-state index >= 15 is 0 Å². The van der Waals surface area contributed by atoms with E-state index in [2.05, 4.69) is 5.32 Å². The fraction of sp³-hybridized carbons (Fsp3) is 0.917. The Morgan fingerprint density at radius 1 is 1.29 bits per heavy atom. The number of unbranched alkanes of at least 4 members (excludes halogenated alkanes) is 1. The molecule has 0 rings (SSSR count). The van der Waals surface area contributed by atoms with Gasteiger partial charge in [-0.05, 0) is 34.1 Å². The van der Waals surface area contributed by atoms with Crippen LogP contribution in [-0.4, -0.2) is 33.7 Å². The Bertz CT molecular complexity index is 240. The molecule has 0 aliphatic rings. The molecule has 0 fully saturated rings. The molecule has 0 bridgehead atoms. The summed E-state index contributed by atoms with van der Waals surface area (Å²) in [5.74, 6) is -1.94. The third-order valence-corrected chi connectivity index (χ3v) is 2.20. The van der Waals surface area contributed by atoms with Crippen LogP contribution in [0.25, 0.3) is 0 Å². The van der Waals surface area contributed by atoms with Crippen molar-refractivity contribution in [3.8, 4) is 0 Å². The van der Waals surface area contributed by atoms with Crippen molar-refractivity contribution in [2.45, 2.75) is 71.3 Å². The topological polar surface area (TPSA) is 78.8 Å². The van der Waals surface area contributed by atoms with Crippen molar-refractivity contribution >= 4 is 6.09 Å². The molecule has 0 unspecified atom stereocenters. The predicted octanol–water partition coefficient (Wildman–Crippen LogP) is 1.77. The summed E-state index contributed by atoms with van der Waals surface area (Å²) in [4.78, 5) is 11.5. The maximum Gasteiger partial charge on any atom is 0.408 e. The summed E-state index contributed by atoms with van der Waals surface area (Å²) in [5, 5.41) is 21.6. The monoisotopic (exact) mass is 247 g/mol. The first-order valence-electron chi connectivity index (χ1n) is 6.00. The lowest BCUT2D eigenvalue weighted by Gasteiger charge is -2.30. The third-order valence-electron chi connectivity index (χ3n) is 2.20. The molecule has 0 saturated carbocycles. The van der Waals surface area contributed by atoms with E-state index in [-0.39, 0.29) is 0 Å². The molecule has 0 aliphatic carbocycles. The van der Waals surface area contributed by atoms with Crippen molar-refractivity contribution in [1.29, 1.82) is 0 Å². The second-order valence-electron chi connectivity index (χ2n) is 5.44. The van der Waals surface area contributed by atoms with Crippen LogP contribution < -0.4 is 5.32 Å². The standard InChI is InChI=1S/C12H25NO4/c1-6-7-8-9(12(5,15)16)13-10(14)17-11(2,3)4/h9,15-16H,6-8H2,1-5H3,(H,13,14)/t9-/m0/s1. The number of ether oxygens (including phenoxy) is 1. The van der Waals surface area contributed by atoms with E-state index in [1.54, 1.807) is 20.8 Å². The summed E-state index contributed by atoms with van der Waals surface area (Å²) in [7, 11) is 0. The van der Waals surface area contributed by atoms with Crippen LogP contribution in [0.2, 0.25) is 0 Å². The van der Waals surface area contributed by atoms with Gasteiger partial charge >= 0.3 is 6.09 Å². The fourth-order valence-corrected chi connectivity index (χ4v) is 1.34. The number of alkyl carbamates (subject to hydrolysis) is 1. The summed E-state index contributed by atoms with van der Waals surface area (Å²) in [6.07, 6.45) is 1.59. The van der Waals surface area contributed by atoms with E-state index in [1.807, 2.05) is 6.92 Å². The zero-order valence-corrected chi connectivity index (χ0v) is 11.4. The number of amides is 1. The molecule has 0 aliphatic heterocycles. The van der Waals surface area contributed by atoms with E-state index in [9.17, 15) is 15.0 Å². The van der Waals surface area contributed by atoms with Gasteiger partial charge in [-0.1, -0.05) is 19.8 Å². The van der Waals surface area contributed by atoms with Gasteiger partial charge in [0, 0.05) is 0 Å². The molecule has 0 aromatic carbocycles. The van der Waals surface area contributed by atoms with Crippen molar-refractivity contribution in [2.24, 2.45) is 0 Å². The van der Waals surface area contributed by atoms with Gasteiger partial charge in [-0.15, -0.1) is 0 Å². The molecule has 0 heterocycles. The van der Waals surface area contributed by atoms with Crippen molar-refractivity contribution in [3.05, 3.63) is 0 Å². The predicted molar refractivity (Wildman–Crippen MR) is 65.5 cm³/mol. The average Bonchev–Trinajstić information content (AvgIpc) is 2.07. The smallest absolute Gasteiger partial charge is 0.408 e. The highest BCUT2D eigenvalue weighted by Gasteiger charge is 2.31. The van der Waals surface area contributed by atoms with Crippen LogP contribution in [-0.2, 0) is 4.74 Å². The van der Waals surface area contributed by atoms with Gasteiger partial charge in [-0.2, -0.15) is 0 Å². The lowest BCUT2D eigenvalue weighted by molar-refractivity contribution is -0.168. The third kappa shape index (κ3) is 7.99. The molecule has 0 aromatic heterocycles. The summed E-state index contributed by atoms with van der Waals surface area (Å²) in [5.41, 5.74) is -0.597. The van der Waals surface area contributed by atoms with E-state index in [1.165, 1.54) is 6.92 Å². The zero-order valence-electron chi connectivity index (χ0n) is 11.4. The minimum Gasteiger partial charge on any atom is -0.444 e. The van der Waals surface area contributed by atoms with Crippen LogP contribution in [0.3, 0.4) is 0 Å². The Labute approximate surface area is 103 Å². The maximum absolute atomic E-state index is 11.5. The molecule has 1 amide bonds. The highest BCUT2D eigenvalue weighted by molar-refractivity contribution is 5.68. The number of nitrogens with one attached hydrogen (secondary N) is 1. The van der Waals surface area contributed by atoms with Crippen LogP contribution in [0.15, 0.2) is 0 Å². The second kappa shape index (κ2) is 6.21. The number of hydrogen-bond acceptors (Lipinski definition) is 4. The summed E-state index contributed by atoms with van der Waals surface area (Å²) in [6, 6.07) is -0.725. The molecule has 5 nitrogen and oxygen atoms in total. The number of aliphatic hydroxyl groups is 2. The summed E-state index contributed by atoms with van der Waals surface area (Å²) < 4.78 is 5.07. The Morgan fingerprint density at radius 2 is 1.82 bits per heavy atom. The van der Waals surface area contributed by atoms with E-state index in [0.717, 1.165) is 12.8 Å². The van der Waals surface area contributed by atoms with Gasteiger partial charge < -0.3 is 20.3 Å². The second-order valence-corrected chi connectivity index (χ2v) is 5.44. The van der Waals surface area contributed by atoms with Gasteiger partial charge in [0.25, 0.3) is 0 Å². The number of hydrogen-bond donors (Lipinski definition) is 3. The van der Waals surface area contributed by atoms with Gasteiger partial charge in [0.15, 0.2) is 5.79 Å². The first kappa shape index (κ1) is 16.2. The average molecular weight is 247 g/mol. The molecule has 5 heteroatoms. The lowest BCUT2D eigenvalue weighted by Crippen LogP contribution is -2.52. The van der Waals surface area contributed by atoms with Crippen molar-refractivity contribution in [2.75, 3.05) is 0 Å². The van der Waals surface area contributed by atoms with Crippen LogP contribution in [0.1, 0.15) is 53.9 Å². The Morgan fingerprint density at radius 3 is 2.18 bits per heavy atom. The van der Waals surface area contributed by atoms with Crippen molar-refractivity contribution in [1.82, 2.24) is 5.32 Å². The van der Waals surface area contributed by atoms with Crippen LogP contribution in [0.4, 0.5) is 4.79 Å². The van der Waals surface area contributed by atoms with Crippen LogP contribution >= 0.6 is 0 Å². The summed E-state index contributed by atoms with van der Waals surface area (Å²) >= 11 is 0. The fourth-order valence-electron chi connectivity index (χ4n) is 1.34. The van der Waals surface area contributed by atoms with Gasteiger partial charge in [-0.25, -0.2) is 4.79 Å². The molecule has 0 aromatic rings. The largest absolute Gasteiger partial charge is 0.444 e. The molecule has 1 atom stereocenters. The van der Waals surface area contributed by atoms with Gasteiger partial charge in [-0.3, -0.25) is 0 Å². The minimum absolute atomic E-state index is 0.499. The van der Waals surface area contributed by atoms with E-state index < -0.39 is 23.5 Å². The van der Waals surface area contributed by atoms with Gasteiger partial charge in [0.1, 0.15) is 5.60 Å². The SMILES string of the molecule is CCCC[C@H](NC(=O)OC(C)(C)C)C(C)(O)O. The van der Waals surface area contributed by atoms with E-state index in [4.69, 9.17) is 4.74 Å². The molecule has 0 radical (unpaired) electrons. The molecular formula is C12H25NO4. The number of carbonyl (C=O) groups is 1. The highest BCUT2D eigenvalue weighted by atomic mass is 16.6.